The highest BCUT2D eigenvalue weighted by atomic mass is 19.4. The number of fused-ring (bicyclic) bond motifs is 1. The normalized spacial score (nSPS) is 16.1. The summed E-state index contributed by atoms with van der Waals surface area (Å²) in [6.45, 7) is 2.67. The molecule has 11 heteroatoms. The van der Waals surface area contributed by atoms with Gasteiger partial charge in [0.25, 0.3) is 0 Å². The lowest BCUT2D eigenvalue weighted by Crippen LogP contribution is -2.39. The number of carboxylic acids is 1. The van der Waals surface area contributed by atoms with Crippen molar-refractivity contribution in [3.63, 3.8) is 0 Å². The Labute approximate surface area is 177 Å². The van der Waals surface area contributed by atoms with Crippen LogP contribution in [0.3, 0.4) is 0 Å². The molecule has 2 aromatic rings. The van der Waals surface area contributed by atoms with E-state index in [4.69, 9.17) is 14.6 Å². The third kappa shape index (κ3) is 7.93. The number of hydrogen-bond acceptors (Lipinski definition) is 5. The Bertz CT molecular complexity index is 856. The van der Waals surface area contributed by atoms with Crippen LogP contribution in [0.5, 0.6) is 5.88 Å². The predicted molar refractivity (Wildman–Crippen MR) is 105 cm³/mol. The van der Waals surface area contributed by atoms with Crippen LogP contribution in [0.4, 0.5) is 13.2 Å². The lowest BCUT2D eigenvalue weighted by molar-refractivity contribution is -0.192. The summed E-state index contributed by atoms with van der Waals surface area (Å²) in [7, 11) is 3.96. The van der Waals surface area contributed by atoms with Crippen molar-refractivity contribution in [3.05, 3.63) is 48.4 Å². The van der Waals surface area contributed by atoms with E-state index in [0.717, 1.165) is 18.8 Å². The van der Waals surface area contributed by atoms with E-state index < -0.39 is 12.1 Å². The van der Waals surface area contributed by atoms with Gasteiger partial charge in [-0.05, 0) is 32.3 Å². The average molecular weight is 442 g/mol. The van der Waals surface area contributed by atoms with Gasteiger partial charge in [-0.15, -0.1) is 0 Å². The summed E-state index contributed by atoms with van der Waals surface area (Å²) in [6, 6.07) is 9.69. The van der Waals surface area contributed by atoms with Gasteiger partial charge in [0.05, 0.1) is 19.6 Å². The van der Waals surface area contributed by atoms with Crippen molar-refractivity contribution >= 4 is 11.9 Å². The van der Waals surface area contributed by atoms with Crippen molar-refractivity contribution in [2.45, 2.75) is 31.8 Å². The molecule has 31 heavy (non-hydrogen) atoms. The van der Waals surface area contributed by atoms with Crippen LogP contribution in [0.2, 0.25) is 0 Å². The molecule has 1 aliphatic rings. The van der Waals surface area contributed by atoms with Gasteiger partial charge in [-0.3, -0.25) is 4.79 Å². The molecule has 0 radical (unpaired) electrons. The number of halogens is 3. The third-order valence-corrected chi connectivity index (χ3v) is 4.39. The molecule has 3 heterocycles. The first-order valence-corrected chi connectivity index (χ1v) is 9.50. The first-order chi connectivity index (χ1) is 14.6. The van der Waals surface area contributed by atoms with Crippen LogP contribution in [0.1, 0.15) is 12.1 Å². The Kier molecular flexibility index (Phi) is 8.43. The molecule has 0 aromatic carbocycles. The minimum atomic E-state index is -5.08. The predicted octanol–water partition coefficient (Wildman–Crippen LogP) is 2.26. The Morgan fingerprint density at radius 1 is 1.23 bits per heavy atom. The van der Waals surface area contributed by atoms with E-state index in [9.17, 15) is 18.0 Å². The van der Waals surface area contributed by atoms with Crippen LogP contribution < -0.4 is 4.74 Å². The van der Waals surface area contributed by atoms with Crippen molar-refractivity contribution in [2.75, 3.05) is 27.2 Å². The molecule has 3 rings (SSSR count). The van der Waals surface area contributed by atoms with Crippen LogP contribution in [-0.4, -0.2) is 75.8 Å². The molecule has 0 bridgehead atoms. The summed E-state index contributed by atoms with van der Waals surface area (Å²) in [4.78, 5) is 29.7. The lowest BCUT2D eigenvalue weighted by atomic mass is 10.2. The number of carboxylic acid groups (broad SMARTS) is 1. The highest BCUT2D eigenvalue weighted by Gasteiger charge is 2.38. The van der Waals surface area contributed by atoms with Crippen LogP contribution >= 0.6 is 0 Å². The van der Waals surface area contributed by atoms with Crippen LogP contribution in [0.15, 0.2) is 42.7 Å². The topological polar surface area (TPSA) is 87.9 Å². The minimum absolute atomic E-state index is 0.114. The summed E-state index contributed by atoms with van der Waals surface area (Å²) < 4.78 is 39.9. The van der Waals surface area contributed by atoms with Crippen molar-refractivity contribution in [2.24, 2.45) is 0 Å². The number of carbonyl (C=O) groups excluding carboxylic acids is 1. The average Bonchev–Trinajstić information content (AvgIpc) is 3.05. The van der Waals surface area contributed by atoms with E-state index in [1.165, 1.54) is 0 Å². The molecular formula is C20H25F3N4O4. The Balaban J connectivity index is 0.000000423. The maximum absolute atomic E-state index is 12.6. The third-order valence-electron chi connectivity index (χ3n) is 4.39. The lowest BCUT2D eigenvalue weighted by Gasteiger charge is -2.25. The molecule has 1 N–H and O–H groups in total. The number of rotatable bonds is 5. The first kappa shape index (κ1) is 24.2. The Morgan fingerprint density at radius 2 is 1.94 bits per heavy atom. The van der Waals surface area contributed by atoms with E-state index in [0.29, 0.717) is 25.4 Å². The number of alkyl halides is 3. The first-order valence-electron chi connectivity index (χ1n) is 9.50. The van der Waals surface area contributed by atoms with Crippen LogP contribution in [-0.2, 0) is 22.7 Å². The SMILES string of the molecule is CN(C)CCC(=O)N1Cc2cccn2CC(Oc2ccccn2)C1.O=C(O)C(F)(F)F. The highest BCUT2D eigenvalue weighted by molar-refractivity contribution is 5.76. The summed E-state index contributed by atoms with van der Waals surface area (Å²) in [5.74, 6) is -2.00. The van der Waals surface area contributed by atoms with E-state index >= 15 is 0 Å². The second kappa shape index (κ2) is 10.8. The van der Waals surface area contributed by atoms with E-state index in [2.05, 4.69) is 15.6 Å². The van der Waals surface area contributed by atoms with Gasteiger partial charge in [0.15, 0.2) is 0 Å². The van der Waals surface area contributed by atoms with Crippen molar-refractivity contribution in [1.29, 1.82) is 0 Å². The highest BCUT2D eigenvalue weighted by Crippen LogP contribution is 2.18. The van der Waals surface area contributed by atoms with Crippen molar-refractivity contribution in [3.8, 4) is 5.88 Å². The minimum Gasteiger partial charge on any atom is -0.475 e. The maximum atomic E-state index is 12.6. The molecule has 1 unspecified atom stereocenters. The number of amides is 1. The second-order valence-corrected chi connectivity index (χ2v) is 7.19. The molecule has 0 saturated carbocycles. The molecule has 170 valence electrons. The fourth-order valence-electron chi connectivity index (χ4n) is 2.88. The number of hydrogen-bond donors (Lipinski definition) is 1. The van der Waals surface area contributed by atoms with Crippen molar-refractivity contribution < 1.29 is 32.6 Å². The van der Waals surface area contributed by atoms with E-state index in [1.807, 2.05) is 54.4 Å². The molecule has 1 amide bonds. The quantitative estimate of drug-likeness (QED) is 0.765. The van der Waals surface area contributed by atoms with Crippen LogP contribution in [0.25, 0.3) is 0 Å². The van der Waals surface area contributed by atoms with Gasteiger partial charge in [0.1, 0.15) is 6.10 Å². The zero-order valence-corrected chi connectivity index (χ0v) is 17.2. The Hall–Kier alpha value is -3.08. The second-order valence-electron chi connectivity index (χ2n) is 7.19. The molecule has 0 spiro atoms. The largest absolute Gasteiger partial charge is 0.490 e. The standard InChI is InChI=1S/C18H24N4O2.C2HF3O2/c1-20(2)11-8-18(23)22-12-15-6-5-10-21(15)13-16(14-22)24-17-7-3-4-9-19-17;3-2(4,5)1(6)7/h3-7,9-10,16H,8,11-14H2,1-2H3;(H,6,7). The molecule has 2 aromatic heterocycles. The fourth-order valence-corrected chi connectivity index (χ4v) is 2.88. The molecule has 8 nitrogen and oxygen atoms in total. The summed E-state index contributed by atoms with van der Waals surface area (Å²) >= 11 is 0. The Morgan fingerprint density at radius 3 is 2.52 bits per heavy atom. The smallest absolute Gasteiger partial charge is 0.475 e. The van der Waals surface area contributed by atoms with E-state index in [-0.39, 0.29) is 12.0 Å². The van der Waals surface area contributed by atoms with Gasteiger partial charge < -0.3 is 24.2 Å². The molecule has 1 aliphatic heterocycles. The van der Waals surface area contributed by atoms with E-state index in [1.54, 1.807) is 6.20 Å². The summed E-state index contributed by atoms with van der Waals surface area (Å²) in [5, 5.41) is 7.12. The van der Waals surface area contributed by atoms with Gasteiger partial charge in [-0.25, -0.2) is 9.78 Å². The number of pyridine rings is 1. The molecule has 0 fully saturated rings. The summed E-state index contributed by atoms with van der Waals surface area (Å²) in [6.07, 6.45) is -0.924. The maximum Gasteiger partial charge on any atom is 0.490 e. The van der Waals surface area contributed by atoms with Gasteiger partial charge in [0, 0.05) is 37.1 Å². The molecular weight excluding hydrogens is 417 g/mol. The number of aliphatic carboxylic acids is 1. The van der Waals surface area contributed by atoms with Gasteiger partial charge in [-0.1, -0.05) is 6.07 Å². The monoisotopic (exact) mass is 442 g/mol. The molecule has 0 aliphatic carbocycles. The summed E-state index contributed by atoms with van der Waals surface area (Å²) in [5.41, 5.74) is 1.14. The van der Waals surface area contributed by atoms with Gasteiger partial charge in [0.2, 0.25) is 11.8 Å². The fraction of sp³-hybridized carbons (Fsp3) is 0.450. The van der Waals surface area contributed by atoms with Crippen LogP contribution in [0, 0.1) is 0 Å². The van der Waals surface area contributed by atoms with Crippen molar-refractivity contribution in [1.82, 2.24) is 19.4 Å². The van der Waals surface area contributed by atoms with Gasteiger partial charge in [-0.2, -0.15) is 13.2 Å². The zero-order chi connectivity index (χ0) is 23.0. The zero-order valence-electron chi connectivity index (χ0n) is 17.2. The number of ether oxygens (including phenoxy) is 1. The van der Waals surface area contributed by atoms with Gasteiger partial charge >= 0.3 is 12.1 Å². The molecule has 0 saturated heterocycles. The number of aromatic nitrogens is 2. The molecule has 1 atom stereocenters. The number of nitrogens with zero attached hydrogens (tertiary/aromatic N) is 4. The number of carbonyl (C=O) groups is 2.